The van der Waals surface area contributed by atoms with E-state index in [2.05, 4.69) is 24.9 Å². The van der Waals surface area contributed by atoms with Crippen LogP contribution in [0.5, 0.6) is 0 Å². The summed E-state index contributed by atoms with van der Waals surface area (Å²) in [6.07, 6.45) is 1.74. The summed E-state index contributed by atoms with van der Waals surface area (Å²) in [5.41, 5.74) is 2.99. The normalized spacial score (nSPS) is 11.7. The van der Waals surface area contributed by atoms with Gasteiger partial charge in [0.25, 0.3) is 0 Å². The van der Waals surface area contributed by atoms with Crippen LogP contribution in [-0.2, 0) is 11.1 Å². The van der Waals surface area contributed by atoms with Gasteiger partial charge in [-0.2, -0.15) is 18.9 Å². The van der Waals surface area contributed by atoms with Gasteiger partial charge in [-0.3, -0.25) is 9.89 Å². The van der Waals surface area contributed by atoms with Crippen LogP contribution in [0.15, 0.2) is 35.0 Å². The van der Waals surface area contributed by atoms with Crippen LogP contribution in [0.4, 0.5) is 8.78 Å². The molecule has 0 aliphatic rings. The number of aromatic nitrogens is 4. The van der Waals surface area contributed by atoms with E-state index in [1.54, 1.807) is 30.5 Å². The van der Waals surface area contributed by atoms with Crippen molar-refractivity contribution in [2.45, 2.75) is 18.1 Å². The topological polar surface area (TPSA) is 84.7 Å². The Morgan fingerprint density at radius 2 is 2.08 bits per heavy atom. The summed E-state index contributed by atoms with van der Waals surface area (Å²) >= 11 is 6.33. The maximum absolute atomic E-state index is 12.9. The van der Waals surface area contributed by atoms with Crippen molar-refractivity contribution in [2.75, 3.05) is 5.75 Å². The minimum Gasteiger partial charge on any atom is -0.331 e. The van der Waals surface area contributed by atoms with E-state index in [-0.39, 0.29) is 11.6 Å². The van der Waals surface area contributed by atoms with E-state index >= 15 is 0 Å². The third kappa shape index (κ3) is 4.28. The third-order valence-corrected chi connectivity index (χ3v) is 4.70. The predicted molar refractivity (Wildman–Crippen MR) is 93.3 cm³/mol. The molecule has 1 aromatic carbocycles. The fourth-order valence-corrected chi connectivity index (χ4v) is 3.16. The van der Waals surface area contributed by atoms with E-state index in [1.165, 1.54) is 11.8 Å². The number of thioether (sulfide) groups is 1. The molecule has 3 rings (SSSR count). The SMILES string of the molecule is Cc1[nH]ncc1CSCC(=O)c1ccc(-c2noc(C(F)(F)Cl)n2)cc1. The number of aryl methyl sites for hydroxylation is 1. The first-order chi connectivity index (χ1) is 12.3. The summed E-state index contributed by atoms with van der Waals surface area (Å²) in [4.78, 5) is 15.8. The molecular formula is C16H13ClF2N4O2S. The summed E-state index contributed by atoms with van der Waals surface area (Å²) in [5, 5.41) is 6.53. The number of hydrogen-bond acceptors (Lipinski definition) is 6. The van der Waals surface area contributed by atoms with Gasteiger partial charge < -0.3 is 4.52 Å². The average molecular weight is 399 g/mol. The lowest BCUT2D eigenvalue weighted by molar-refractivity contribution is 0.0551. The minimum atomic E-state index is -3.72. The second-order valence-electron chi connectivity index (χ2n) is 5.43. The number of alkyl halides is 3. The molecule has 26 heavy (non-hydrogen) atoms. The Morgan fingerprint density at radius 1 is 1.35 bits per heavy atom. The molecule has 0 aliphatic carbocycles. The van der Waals surface area contributed by atoms with E-state index in [4.69, 9.17) is 11.6 Å². The summed E-state index contributed by atoms with van der Waals surface area (Å²) in [6.45, 7) is 1.92. The van der Waals surface area contributed by atoms with Gasteiger partial charge in [-0.05, 0) is 18.5 Å². The summed E-state index contributed by atoms with van der Waals surface area (Å²) in [5.74, 6) is -0.0349. The number of H-pyrrole nitrogens is 1. The molecule has 0 atom stereocenters. The minimum absolute atomic E-state index is 0.0240. The summed E-state index contributed by atoms with van der Waals surface area (Å²) in [7, 11) is 0. The lowest BCUT2D eigenvalue weighted by Crippen LogP contribution is -2.03. The number of carbonyl (C=O) groups excluding carboxylic acids is 1. The molecular weight excluding hydrogens is 386 g/mol. The molecule has 0 aliphatic heterocycles. The number of aromatic amines is 1. The Balaban J connectivity index is 1.61. The predicted octanol–water partition coefficient (Wildman–Crippen LogP) is 4.17. The van der Waals surface area contributed by atoms with Gasteiger partial charge in [-0.25, -0.2) is 0 Å². The Kier molecular flexibility index (Phi) is 5.38. The zero-order valence-electron chi connectivity index (χ0n) is 13.5. The van der Waals surface area contributed by atoms with Gasteiger partial charge in [0.15, 0.2) is 5.78 Å². The highest BCUT2D eigenvalue weighted by Crippen LogP contribution is 2.32. The van der Waals surface area contributed by atoms with Gasteiger partial charge in [0.1, 0.15) is 0 Å². The molecule has 0 radical (unpaired) electrons. The lowest BCUT2D eigenvalue weighted by Gasteiger charge is -2.02. The second-order valence-corrected chi connectivity index (χ2v) is 6.89. The van der Waals surface area contributed by atoms with Crippen LogP contribution in [0.2, 0.25) is 0 Å². The van der Waals surface area contributed by atoms with Gasteiger partial charge >= 0.3 is 11.3 Å². The number of Topliss-reactive ketones (excluding diaryl/α,β-unsaturated/α-hetero) is 1. The van der Waals surface area contributed by atoms with E-state index in [0.717, 1.165) is 11.3 Å². The highest BCUT2D eigenvalue weighted by Gasteiger charge is 2.35. The number of hydrogen-bond donors (Lipinski definition) is 1. The molecule has 0 spiro atoms. The van der Waals surface area contributed by atoms with Crippen molar-refractivity contribution in [1.82, 2.24) is 20.3 Å². The van der Waals surface area contributed by atoms with Crippen LogP contribution in [-0.4, -0.2) is 31.9 Å². The lowest BCUT2D eigenvalue weighted by atomic mass is 10.1. The highest BCUT2D eigenvalue weighted by molar-refractivity contribution is 7.99. The van der Waals surface area contributed by atoms with E-state index in [9.17, 15) is 13.6 Å². The number of nitrogens with zero attached hydrogens (tertiary/aromatic N) is 3. The van der Waals surface area contributed by atoms with Gasteiger partial charge in [-0.1, -0.05) is 29.4 Å². The van der Waals surface area contributed by atoms with E-state index in [1.807, 2.05) is 6.92 Å². The van der Waals surface area contributed by atoms with Crippen molar-refractivity contribution < 1.29 is 18.1 Å². The molecule has 0 bridgehead atoms. The fourth-order valence-electron chi connectivity index (χ4n) is 2.12. The number of rotatable bonds is 7. The molecule has 6 nitrogen and oxygen atoms in total. The zero-order valence-corrected chi connectivity index (χ0v) is 15.1. The number of ketones is 1. The molecule has 0 fully saturated rings. The highest BCUT2D eigenvalue weighted by atomic mass is 35.5. The molecule has 3 aromatic rings. The van der Waals surface area contributed by atoms with Gasteiger partial charge in [-0.15, -0.1) is 11.8 Å². The van der Waals surface area contributed by atoms with Gasteiger partial charge in [0.2, 0.25) is 5.82 Å². The monoisotopic (exact) mass is 398 g/mol. The Hall–Kier alpha value is -2.26. The molecule has 0 saturated heterocycles. The molecule has 2 heterocycles. The smallest absolute Gasteiger partial charge is 0.331 e. The van der Waals surface area contributed by atoms with Crippen molar-refractivity contribution in [3.63, 3.8) is 0 Å². The van der Waals surface area contributed by atoms with E-state index < -0.39 is 11.3 Å². The average Bonchev–Trinajstić information content (AvgIpc) is 3.24. The van der Waals surface area contributed by atoms with Crippen molar-refractivity contribution in [2.24, 2.45) is 0 Å². The summed E-state index contributed by atoms with van der Waals surface area (Å²) in [6, 6.07) is 6.32. The standard InChI is InChI=1S/C16H13ClF2N4O2S/c1-9-12(6-20-22-9)7-26-8-13(24)10-2-4-11(5-3-10)14-21-15(25-23-14)16(17,18)19/h2-6H,7-8H2,1H3,(H,20,22). The molecule has 136 valence electrons. The first-order valence-corrected chi connectivity index (χ1v) is 8.99. The Bertz CT molecular complexity index is 906. The molecule has 0 amide bonds. The number of benzene rings is 1. The fraction of sp³-hybridized carbons (Fsp3) is 0.250. The number of halogens is 3. The van der Waals surface area contributed by atoms with E-state index in [0.29, 0.717) is 22.6 Å². The second kappa shape index (κ2) is 7.55. The maximum atomic E-state index is 12.9. The van der Waals surface area contributed by atoms with Crippen LogP contribution < -0.4 is 0 Å². The van der Waals surface area contributed by atoms with Crippen LogP contribution in [0.3, 0.4) is 0 Å². The van der Waals surface area contributed by atoms with Gasteiger partial charge in [0, 0.05) is 28.1 Å². The molecule has 10 heteroatoms. The third-order valence-electron chi connectivity index (χ3n) is 3.56. The first kappa shape index (κ1) is 18.5. The molecule has 0 unspecified atom stereocenters. The van der Waals surface area contributed by atoms with Crippen LogP contribution >= 0.6 is 23.4 Å². The largest absolute Gasteiger partial charge is 0.400 e. The zero-order chi connectivity index (χ0) is 18.7. The Labute approximate surface area is 156 Å². The van der Waals surface area contributed by atoms with Crippen LogP contribution in [0.1, 0.15) is 27.5 Å². The quantitative estimate of drug-likeness (QED) is 0.475. The molecule has 1 N–H and O–H groups in total. The van der Waals surface area contributed by atoms with Crippen LogP contribution in [0.25, 0.3) is 11.4 Å². The van der Waals surface area contributed by atoms with Crippen molar-refractivity contribution in [3.05, 3.63) is 53.2 Å². The van der Waals surface area contributed by atoms with Crippen LogP contribution in [0, 0.1) is 6.92 Å². The Morgan fingerprint density at radius 3 is 2.65 bits per heavy atom. The molecule has 2 aromatic heterocycles. The number of carbonyl (C=O) groups is 1. The molecule has 0 saturated carbocycles. The first-order valence-electron chi connectivity index (χ1n) is 7.45. The van der Waals surface area contributed by atoms with Crippen molar-refractivity contribution in [1.29, 1.82) is 0 Å². The van der Waals surface area contributed by atoms with Crippen molar-refractivity contribution in [3.8, 4) is 11.4 Å². The number of nitrogens with one attached hydrogen (secondary N) is 1. The van der Waals surface area contributed by atoms with Crippen molar-refractivity contribution >= 4 is 29.1 Å². The maximum Gasteiger partial charge on any atom is 0.400 e. The van der Waals surface area contributed by atoms with Gasteiger partial charge in [0.05, 0.1) is 11.9 Å². The summed E-state index contributed by atoms with van der Waals surface area (Å²) < 4.78 is 30.3.